The number of aromatic amines is 1. The summed E-state index contributed by atoms with van der Waals surface area (Å²) in [5, 5.41) is 0. The van der Waals surface area contributed by atoms with Gasteiger partial charge in [-0.2, -0.15) is 0 Å². The van der Waals surface area contributed by atoms with Crippen LogP contribution in [0.4, 0.5) is 5.82 Å². The van der Waals surface area contributed by atoms with E-state index >= 15 is 0 Å². The molecule has 0 radical (unpaired) electrons. The number of anilines is 1. The number of hydrogen-bond donors (Lipinski definition) is 3. The van der Waals surface area contributed by atoms with E-state index in [-0.39, 0.29) is 0 Å². The number of nitrogens with one attached hydrogen (secondary N) is 1. The van der Waals surface area contributed by atoms with Crippen molar-refractivity contribution < 1.29 is 0 Å². The molecule has 3 heteroatoms. The number of nitrogens with two attached hydrogens (primary N) is 2. The lowest BCUT2D eigenvalue weighted by Gasteiger charge is -2.02. The lowest BCUT2D eigenvalue weighted by atomic mass is 10.1. The van der Waals surface area contributed by atoms with Gasteiger partial charge in [0.15, 0.2) is 0 Å². The van der Waals surface area contributed by atoms with Gasteiger partial charge in [0.05, 0.1) is 0 Å². The van der Waals surface area contributed by atoms with Crippen LogP contribution in [0.5, 0.6) is 0 Å². The van der Waals surface area contributed by atoms with Crippen molar-refractivity contribution in [1.82, 2.24) is 4.98 Å². The molecule has 0 atom stereocenters. The molecule has 0 spiro atoms. The zero-order valence-electron chi connectivity index (χ0n) is 7.83. The van der Waals surface area contributed by atoms with E-state index in [0.717, 1.165) is 16.7 Å². The molecule has 1 aromatic carbocycles. The summed E-state index contributed by atoms with van der Waals surface area (Å²) in [5.74, 6) is 0.694. The van der Waals surface area contributed by atoms with Crippen LogP contribution in [0.25, 0.3) is 11.1 Å². The van der Waals surface area contributed by atoms with E-state index in [1.165, 1.54) is 0 Å². The molecule has 1 aromatic heterocycles. The highest BCUT2D eigenvalue weighted by Gasteiger charge is 2.02. The van der Waals surface area contributed by atoms with Crippen LogP contribution in [-0.4, -0.2) is 4.98 Å². The lowest BCUT2D eigenvalue weighted by molar-refractivity contribution is 1.07. The molecule has 0 aliphatic carbocycles. The van der Waals surface area contributed by atoms with Crippen LogP contribution in [0.2, 0.25) is 0 Å². The summed E-state index contributed by atoms with van der Waals surface area (Å²) in [6, 6.07) is 10.0. The minimum atomic E-state index is 0.554. The zero-order chi connectivity index (χ0) is 9.97. The standard InChI is InChI=1S/C11H13N3/c12-7-8-2-1-3-9(6-8)10-4-5-14-11(10)13/h1-6,14H,7,12-13H2. The van der Waals surface area contributed by atoms with E-state index in [1.54, 1.807) is 0 Å². The smallest absolute Gasteiger partial charge is 0.108 e. The van der Waals surface area contributed by atoms with Gasteiger partial charge < -0.3 is 16.5 Å². The average molecular weight is 187 g/mol. The van der Waals surface area contributed by atoms with Gasteiger partial charge in [0.2, 0.25) is 0 Å². The van der Waals surface area contributed by atoms with Gasteiger partial charge in [-0.3, -0.25) is 0 Å². The number of rotatable bonds is 2. The first-order valence-electron chi connectivity index (χ1n) is 4.53. The highest BCUT2D eigenvalue weighted by atomic mass is 14.8. The summed E-state index contributed by atoms with van der Waals surface area (Å²) < 4.78 is 0. The zero-order valence-corrected chi connectivity index (χ0v) is 7.83. The second-order valence-corrected chi connectivity index (χ2v) is 3.21. The maximum Gasteiger partial charge on any atom is 0.108 e. The van der Waals surface area contributed by atoms with Crippen LogP contribution in [0.15, 0.2) is 36.5 Å². The third kappa shape index (κ3) is 1.49. The fraction of sp³-hybridized carbons (Fsp3) is 0.0909. The molecule has 0 saturated carbocycles. The summed E-state index contributed by atoms with van der Waals surface area (Å²) >= 11 is 0. The van der Waals surface area contributed by atoms with Gasteiger partial charge in [0.25, 0.3) is 0 Å². The van der Waals surface area contributed by atoms with Crippen molar-refractivity contribution in [2.75, 3.05) is 5.73 Å². The molecule has 0 aliphatic heterocycles. The monoisotopic (exact) mass is 187 g/mol. The van der Waals surface area contributed by atoms with E-state index in [2.05, 4.69) is 11.1 Å². The van der Waals surface area contributed by atoms with E-state index < -0.39 is 0 Å². The fourth-order valence-electron chi connectivity index (χ4n) is 1.50. The topological polar surface area (TPSA) is 67.8 Å². The van der Waals surface area contributed by atoms with E-state index in [0.29, 0.717) is 12.4 Å². The second-order valence-electron chi connectivity index (χ2n) is 3.21. The number of nitrogen functional groups attached to an aromatic ring is 1. The predicted octanol–water partition coefficient (Wildman–Crippen LogP) is 1.72. The maximum absolute atomic E-state index is 5.78. The molecule has 0 unspecified atom stereocenters. The first-order valence-corrected chi connectivity index (χ1v) is 4.53. The molecule has 0 aliphatic rings. The lowest BCUT2D eigenvalue weighted by Crippen LogP contribution is -1.96. The van der Waals surface area contributed by atoms with Gasteiger partial charge in [-0.05, 0) is 23.3 Å². The molecule has 2 rings (SSSR count). The number of hydrogen-bond acceptors (Lipinski definition) is 2. The van der Waals surface area contributed by atoms with Crippen molar-refractivity contribution in [2.45, 2.75) is 6.54 Å². The minimum absolute atomic E-state index is 0.554. The van der Waals surface area contributed by atoms with Gasteiger partial charge in [-0.1, -0.05) is 18.2 Å². The quantitative estimate of drug-likeness (QED) is 0.670. The molecule has 0 saturated heterocycles. The summed E-state index contributed by atoms with van der Waals surface area (Å²) in [6.45, 7) is 0.554. The fourth-order valence-corrected chi connectivity index (χ4v) is 1.50. The van der Waals surface area contributed by atoms with E-state index in [9.17, 15) is 0 Å². The Kier molecular flexibility index (Phi) is 2.24. The van der Waals surface area contributed by atoms with Gasteiger partial charge in [-0.15, -0.1) is 0 Å². The normalized spacial score (nSPS) is 10.4. The molecular formula is C11H13N3. The van der Waals surface area contributed by atoms with Crippen molar-refractivity contribution in [3.8, 4) is 11.1 Å². The molecule has 0 fully saturated rings. The van der Waals surface area contributed by atoms with Crippen molar-refractivity contribution in [1.29, 1.82) is 0 Å². The predicted molar refractivity (Wildman–Crippen MR) is 58.5 cm³/mol. The van der Waals surface area contributed by atoms with Crippen molar-refractivity contribution in [3.05, 3.63) is 42.1 Å². The van der Waals surface area contributed by atoms with Crippen LogP contribution < -0.4 is 11.5 Å². The van der Waals surface area contributed by atoms with Crippen LogP contribution >= 0.6 is 0 Å². The van der Waals surface area contributed by atoms with Gasteiger partial charge in [0, 0.05) is 18.3 Å². The largest absolute Gasteiger partial charge is 0.385 e. The second kappa shape index (κ2) is 3.55. The third-order valence-electron chi connectivity index (χ3n) is 2.25. The van der Waals surface area contributed by atoms with Crippen LogP contribution in [0, 0.1) is 0 Å². The Labute approximate surface area is 82.7 Å². The van der Waals surface area contributed by atoms with Gasteiger partial charge >= 0.3 is 0 Å². The highest BCUT2D eigenvalue weighted by molar-refractivity contribution is 5.74. The minimum Gasteiger partial charge on any atom is -0.385 e. The summed E-state index contributed by atoms with van der Waals surface area (Å²) in [7, 11) is 0. The Morgan fingerprint density at radius 2 is 2.07 bits per heavy atom. The molecular weight excluding hydrogens is 174 g/mol. The van der Waals surface area contributed by atoms with Crippen LogP contribution in [0.3, 0.4) is 0 Å². The SMILES string of the molecule is NCc1cccc(-c2cc[nH]c2N)c1. The number of H-pyrrole nitrogens is 1. The first-order chi connectivity index (χ1) is 6.81. The van der Waals surface area contributed by atoms with Crippen LogP contribution in [0.1, 0.15) is 5.56 Å². The molecule has 14 heavy (non-hydrogen) atoms. The van der Waals surface area contributed by atoms with Crippen molar-refractivity contribution >= 4 is 5.82 Å². The molecule has 1 heterocycles. The maximum atomic E-state index is 5.78. The van der Waals surface area contributed by atoms with Crippen molar-refractivity contribution in [3.63, 3.8) is 0 Å². The molecule has 3 nitrogen and oxygen atoms in total. The summed E-state index contributed by atoms with van der Waals surface area (Å²) in [4.78, 5) is 2.95. The van der Waals surface area contributed by atoms with E-state index in [4.69, 9.17) is 11.5 Å². The highest BCUT2D eigenvalue weighted by Crippen LogP contribution is 2.25. The first kappa shape index (κ1) is 8.84. The van der Waals surface area contributed by atoms with E-state index in [1.807, 2.05) is 30.5 Å². The van der Waals surface area contributed by atoms with Crippen LogP contribution in [-0.2, 0) is 6.54 Å². The Bertz CT molecular complexity index is 432. The summed E-state index contributed by atoms with van der Waals surface area (Å²) in [6.07, 6.45) is 1.83. The molecule has 0 bridgehead atoms. The molecule has 2 aromatic rings. The number of aromatic nitrogens is 1. The number of benzene rings is 1. The molecule has 0 amide bonds. The Morgan fingerprint density at radius 1 is 1.21 bits per heavy atom. The van der Waals surface area contributed by atoms with Gasteiger partial charge in [0.1, 0.15) is 5.82 Å². The Morgan fingerprint density at radius 3 is 2.71 bits per heavy atom. The Balaban J connectivity index is 2.47. The molecule has 5 N–H and O–H groups in total. The molecule has 72 valence electrons. The average Bonchev–Trinajstić information content (AvgIpc) is 2.65. The van der Waals surface area contributed by atoms with Gasteiger partial charge in [-0.25, -0.2) is 0 Å². The summed E-state index contributed by atoms with van der Waals surface area (Å²) in [5.41, 5.74) is 14.6. The Hall–Kier alpha value is -1.74. The van der Waals surface area contributed by atoms with Crippen molar-refractivity contribution in [2.24, 2.45) is 5.73 Å². The third-order valence-corrected chi connectivity index (χ3v) is 2.25.